The molecule has 5 nitrogen and oxygen atoms in total. The zero-order chi connectivity index (χ0) is 15.2. The van der Waals surface area contributed by atoms with E-state index >= 15 is 0 Å². The highest BCUT2D eigenvalue weighted by Gasteiger charge is 2.02. The van der Waals surface area contributed by atoms with E-state index in [1.807, 2.05) is 42.5 Å². The van der Waals surface area contributed by atoms with Crippen molar-refractivity contribution in [3.63, 3.8) is 0 Å². The Balaban J connectivity index is 1.60. The summed E-state index contributed by atoms with van der Waals surface area (Å²) >= 11 is 6.12. The van der Waals surface area contributed by atoms with Crippen molar-refractivity contribution in [1.82, 2.24) is 9.97 Å². The molecule has 1 aromatic carbocycles. The van der Waals surface area contributed by atoms with Gasteiger partial charge in [-0.1, -0.05) is 29.8 Å². The summed E-state index contributed by atoms with van der Waals surface area (Å²) in [6.45, 7) is 1.15. The van der Waals surface area contributed by atoms with Gasteiger partial charge in [0.25, 0.3) is 0 Å². The van der Waals surface area contributed by atoms with E-state index in [2.05, 4.69) is 20.6 Å². The van der Waals surface area contributed by atoms with E-state index in [0.29, 0.717) is 19.0 Å². The van der Waals surface area contributed by atoms with Crippen LogP contribution in [-0.4, -0.2) is 9.97 Å². The summed E-state index contributed by atoms with van der Waals surface area (Å²) in [5, 5.41) is 7.08. The van der Waals surface area contributed by atoms with Crippen LogP contribution in [0.3, 0.4) is 0 Å². The Morgan fingerprint density at radius 2 is 1.91 bits per heavy atom. The average Bonchev–Trinajstić information content (AvgIpc) is 3.06. The van der Waals surface area contributed by atoms with Crippen molar-refractivity contribution in [3.05, 3.63) is 71.3 Å². The van der Waals surface area contributed by atoms with Crippen molar-refractivity contribution in [3.8, 4) is 0 Å². The van der Waals surface area contributed by atoms with Crippen LogP contribution in [0.25, 0.3) is 0 Å². The first kappa shape index (κ1) is 14.4. The van der Waals surface area contributed by atoms with Crippen molar-refractivity contribution in [2.24, 2.45) is 0 Å². The Labute approximate surface area is 133 Å². The summed E-state index contributed by atoms with van der Waals surface area (Å²) in [7, 11) is 0. The lowest BCUT2D eigenvalue weighted by Crippen LogP contribution is -2.06. The third-order valence-electron chi connectivity index (χ3n) is 3.07. The standard InChI is InChI=1S/C16H15ClN4O/c17-14-6-2-1-4-12(14)10-20-16-18-8-7-15(21-16)19-11-13-5-3-9-22-13/h1-9H,10-11H2,(H2,18,19,20,21). The fraction of sp³-hybridized carbons (Fsp3) is 0.125. The van der Waals surface area contributed by atoms with Gasteiger partial charge in [0.05, 0.1) is 12.8 Å². The molecule has 6 heteroatoms. The van der Waals surface area contributed by atoms with E-state index in [1.165, 1.54) is 0 Å². The minimum Gasteiger partial charge on any atom is -0.467 e. The summed E-state index contributed by atoms with van der Waals surface area (Å²) in [5.74, 6) is 2.13. The van der Waals surface area contributed by atoms with Crippen LogP contribution >= 0.6 is 11.6 Å². The van der Waals surface area contributed by atoms with Crippen LogP contribution in [-0.2, 0) is 13.1 Å². The zero-order valence-corrected chi connectivity index (χ0v) is 12.5. The van der Waals surface area contributed by atoms with Gasteiger partial charge < -0.3 is 15.1 Å². The highest BCUT2D eigenvalue weighted by Crippen LogP contribution is 2.16. The molecule has 0 amide bonds. The Morgan fingerprint density at radius 1 is 1.00 bits per heavy atom. The lowest BCUT2D eigenvalue weighted by atomic mass is 10.2. The molecule has 0 saturated heterocycles. The van der Waals surface area contributed by atoms with Gasteiger partial charge in [-0.25, -0.2) is 4.98 Å². The van der Waals surface area contributed by atoms with E-state index in [0.717, 1.165) is 22.2 Å². The minimum atomic E-state index is 0.546. The SMILES string of the molecule is Clc1ccccc1CNc1nccc(NCc2ccco2)n1. The van der Waals surface area contributed by atoms with Crippen molar-refractivity contribution < 1.29 is 4.42 Å². The molecule has 2 aromatic heterocycles. The number of aromatic nitrogens is 2. The van der Waals surface area contributed by atoms with Gasteiger partial charge in [0.1, 0.15) is 11.6 Å². The van der Waals surface area contributed by atoms with Gasteiger partial charge in [-0.3, -0.25) is 0 Å². The third-order valence-corrected chi connectivity index (χ3v) is 3.44. The first-order chi connectivity index (χ1) is 10.8. The number of nitrogens with one attached hydrogen (secondary N) is 2. The Bertz CT molecular complexity index is 731. The molecule has 0 aliphatic heterocycles. The van der Waals surface area contributed by atoms with E-state index in [9.17, 15) is 0 Å². The molecule has 0 fully saturated rings. The molecule has 0 bridgehead atoms. The van der Waals surface area contributed by atoms with Gasteiger partial charge in [0.15, 0.2) is 0 Å². The number of hydrogen-bond donors (Lipinski definition) is 2. The average molecular weight is 315 g/mol. The van der Waals surface area contributed by atoms with Crippen LogP contribution in [0.5, 0.6) is 0 Å². The monoisotopic (exact) mass is 314 g/mol. The molecule has 22 heavy (non-hydrogen) atoms. The summed E-state index contributed by atoms with van der Waals surface area (Å²) in [4.78, 5) is 8.60. The fourth-order valence-corrected chi connectivity index (χ4v) is 2.15. The largest absolute Gasteiger partial charge is 0.467 e. The number of hydrogen-bond acceptors (Lipinski definition) is 5. The summed E-state index contributed by atoms with van der Waals surface area (Å²) in [5.41, 5.74) is 1.00. The van der Waals surface area contributed by atoms with E-state index in [4.69, 9.17) is 16.0 Å². The van der Waals surface area contributed by atoms with Crippen molar-refractivity contribution >= 4 is 23.4 Å². The van der Waals surface area contributed by atoms with Crippen molar-refractivity contribution in [2.45, 2.75) is 13.1 Å². The lowest BCUT2D eigenvalue weighted by Gasteiger charge is -2.08. The Morgan fingerprint density at radius 3 is 2.73 bits per heavy atom. The molecule has 3 aromatic rings. The molecule has 2 N–H and O–H groups in total. The molecule has 0 unspecified atom stereocenters. The minimum absolute atomic E-state index is 0.546. The zero-order valence-electron chi connectivity index (χ0n) is 11.8. The van der Waals surface area contributed by atoms with Crippen LogP contribution in [0.1, 0.15) is 11.3 Å². The van der Waals surface area contributed by atoms with Crippen LogP contribution in [0.15, 0.2) is 59.3 Å². The molecule has 0 atom stereocenters. The topological polar surface area (TPSA) is 63.0 Å². The van der Waals surface area contributed by atoms with Gasteiger partial charge in [-0.2, -0.15) is 4.98 Å². The van der Waals surface area contributed by atoms with Crippen molar-refractivity contribution in [2.75, 3.05) is 10.6 Å². The lowest BCUT2D eigenvalue weighted by molar-refractivity contribution is 0.518. The molecular formula is C16H15ClN4O. The molecule has 0 radical (unpaired) electrons. The summed E-state index contributed by atoms with van der Waals surface area (Å²) < 4.78 is 5.27. The van der Waals surface area contributed by atoms with E-state index in [-0.39, 0.29) is 0 Å². The van der Waals surface area contributed by atoms with Crippen LogP contribution < -0.4 is 10.6 Å². The second-order valence-corrected chi connectivity index (χ2v) is 5.05. The number of furan rings is 1. The number of benzene rings is 1. The van der Waals surface area contributed by atoms with Gasteiger partial charge in [-0.15, -0.1) is 0 Å². The van der Waals surface area contributed by atoms with E-state index < -0.39 is 0 Å². The summed E-state index contributed by atoms with van der Waals surface area (Å²) in [6.07, 6.45) is 3.35. The van der Waals surface area contributed by atoms with Gasteiger partial charge >= 0.3 is 0 Å². The van der Waals surface area contributed by atoms with Gasteiger partial charge in [0.2, 0.25) is 5.95 Å². The molecule has 3 rings (SSSR count). The van der Waals surface area contributed by atoms with E-state index in [1.54, 1.807) is 12.5 Å². The van der Waals surface area contributed by atoms with Crippen LogP contribution in [0.2, 0.25) is 5.02 Å². The molecule has 0 aliphatic rings. The maximum Gasteiger partial charge on any atom is 0.224 e. The normalized spacial score (nSPS) is 10.4. The Hall–Kier alpha value is -2.53. The first-order valence-corrected chi connectivity index (χ1v) is 7.25. The van der Waals surface area contributed by atoms with Crippen LogP contribution in [0, 0.1) is 0 Å². The molecule has 2 heterocycles. The highest BCUT2D eigenvalue weighted by molar-refractivity contribution is 6.31. The molecule has 0 spiro atoms. The first-order valence-electron chi connectivity index (χ1n) is 6.88. The predicted molar refractivity (Wildman–Crippen MR) is 86.8 cm³/mol. The number of rotatable bonds is 6. The second-order valence-electron chi connectivity index (χ2n) is 4.64. The highest BCUT2D eigenvalue weighted by atomic mass is 35.5. The Kier molecular flexibility index (Phi) is 4.56. The third kappa shape index (κ3) is 3.77. The second kappa shape index (κ2) is 6.95. The maximum absolute atomic E-state index is 6.12. The maximum atomic E-state index is 6.12. The van der Waals surface area contributed by atoms with Crippen LogP contribution in [0.4, 0.5) is 11.8 Å². The van der Waals surface area contributed by atoms with Crippen molar-refractivity contribution in [1.29, 1.82) is 0 Å². The molecule has 0 aliphatic carbocycles. The van der Waals surface area contributed by atoms with Gasteiger partial charge in [0, 0.05) is 17.8 Å². The predicted octanol–water partition coefficient (Wildman–Crippen LogP) is 3.95. The number of halogens is 1. The molecular weight excluding hydrogens is 300 g/mol. The molecule has 0 saturated carbocycles. The summed E-state index contributed by atoms with van der Waals surface area (Å²) in [6, 6.07) is 13.3. The van der Waals surface area contributed by atoms with Gasteiger partial charge in [-0.05, 0) is 29.8 Å². The number of nitrogens with zero attached hydrogens (tertiary/aromatic N) is 2. The fourth-order valence-electron chi connectivity index (χ4n) is 1.95. The molecule has 112 valence electrons. The number of anilines is 2. The smallest absolute Gasteiger partial charge is 0.224 e. The quantitative estimate of drug-likeness (QED) is 0.721.